The van der Waals surface area contributed by atoms with Crippen molar-refractivity contribution in [3.63, 3.8) is 0 Å². The van der Waals surface area contributed by atoms with Crippen LogP contribution in [0.15, 0.2) is 0 Å². The molecule has 1 rings (SSSR count). The molecule has 1 aromatic rings. The molecule has 0 radical (unpaired) electrons. The first-order chi connectivity index (χ1) is 9.44. The number of nitrogens with zero attached hydrogens (tertiary/aromatic N) is 2. The molecule has 0 aliphatic heterocycles. The normalized spacial score (nSPS) is 14.3. The summed E-state index contributed by atoms with van der Waals surface area (Å²) < 4.78 is 2.21. The molecule has 0 saturated carbocycles. The van der Waals surface area contributed by atoms with Gasteiger partial charge in [-0.05, 0) is 19.8 Å². The van der Waals surface area contributed by atoms with E-state index in [0.717, 1.165) is 30.8 Å². The molecule has 4 heteroatoms. The largest absolute Gasteiger partial charge is 0.393 e. The van der Waals surface area contributed by atoms with Gasteiger partial charge in [-0.25, -0.2) is 4.98 Å². The number of aryl methyl sites for hydroxylation is 2. The molecule has 1 aromatic heterocycles. The van der Waals surface area contributed by atoms with E-state index in [9.17, 15) is 9.90 Å². The van der Waals surface area contributed by atoms with Crippen molar-refractivity contribution in [2.24, 2.45) is 5.92 Å². The molecule has 2 atom stereocenters. The van der Waals surface area contributed by atoms with E-state index >= 15 is 0 Å². The van der Waals surface area contributed by atoms with E-state index < -0.39 is 6.10 Å². The van der Waals surface area contributed by atoms with Gasteiger partial charge in [0.05, 0.1) is 11.8 Å². The molecule has 114 valence electrons. The highest BCUT2D eigenvalue weighted by Gasteiger charge is 2.20. The average molecular weight is 280 g/mol. The van der Waals surface area contributed by atoms with Crippen molar-refractivity contribution < 1.29 is 9.90 Å². The first-order valence-electron chi connectivity index (χ1n) is 7.72. The second-order valence-electron chi connectivity index (χ2n) is 5.51. The van der Waals surface area contributed by atoms with Gasteiger partial charge in [-0.3, -0.25) is 4.79 Å². The van der Waals surface area contributed by atoms with Crippen LogP contribution in [0.5, 0.6) is 0 Å². The van der Waals surface area contributed by atoms with Gasteiger partial charge < -0.3 is 9.67 Å². The highest BCUT2D eigenvalue weighted by molar-refractivity contribution is 5.81. The fraction of sp³-hybridized carbons (Fsp3) is 0.750. The van der Waals surface area contributed by atoms with E-state index in [4.69, 9.17) is 4.98 Å². The molecule has 0 aliphatic carbocycles. The third-order valence-electron chi connectivity index (χ3n) is 3.72. The van der Waals surface area contributed by atoms with Crippen molar-refractivity contribution in [2.75, 3.05) is 0 Å². The lowest BCUT2D eigenvalue weighted by molar-refractivity contribution is -0.124. The Morgan fingerprint density at radius 1 is 1.20 bits per heavy atom. The van der Waals surface area contributed by atoms with Gasteiger partial charge in [0.15, 0.2) is 0 Å². The zero-order chi connectivity index (χ0) is 15.3. The summed E-state index contributed by atoms with van der Waals surface area (Å²) in [6, 6.07) is 0. The Morgan fingerprint density at radius 3 is 2.30 bits per heavy atom. The summed E-state index contributed by atoms with van der Waals surface area (Å²) >= 11 is 0. The zero-order valence-electron chi connectivity index (χ0n) is 13.4. The second-order valence-corrected chi connectivity index (χ2v) is 5.51. The summed E-state index contributed by atoms with van der Waals surface area (Å²) in [5.74, 6) is 1.10. The van der Waals surface area contributed by atoms with Crippen molar-refractivity contribution in [3.8, 4) is 0 Å². The lowest BCUT2D eigenvalue weighted by atomic mass is 10.0. The number of aromatic nitrogens is 2. The van der Waals surface area contributed by atoms with Gasteiger partial charge in [-0.1, -0.05) is 27.7 Å². The van der Waals surface area contributed by atoms with Crippen LogP contribution in [0.3, 0.4) is 0 Å². The Balaban J connectivity index is 2.95. The van der Waals surface area contributed by atoms with Gasteiger partial charge in [-0.15, -0.1) is 0 Å². The minimum atomic E-state index is -0.560. The van der Waals surface area contributed by atoms with Crippen LogP contribution < -0.4 is 0 Å². The minimum Gasteiger partial charge on any atom is -0.393 e. The lowest BCUT2D eigenvalue weighted by Crippen LogP contribution is -2.23. The van der Waals surface area contributed by atoms with Crippen molar-refractivity contribution in [1.82, 2.24) is 9.55 Å². The van der Waals surface area contributed by atoms with Crippen LogP contribution in [0.1, 0.15) is 58.3 Å². The molecule has 1 heterocycles. The Bertz CT molecular complexity index is 450. The van der Waals surface area contributed by atoms with E-state index in [1.165, 1.54) is 5.69 Å². The Hall–Kier alpha value is -1.16. The van der Waals surface area contributed by atoms with Crippen molar-refractivity contribution in [3.05, 3.63) is 17.2 Å². The maximum Gasteiger partial charge on any atom is 0.140 e. The zero-order valence-corrected chi connectivity index (χ0v) is 13.4. The summed E-state index contributed by atoms with van der Waals surface area (Å²) in [6.45, 7) is 10.6. The van der Waals surface area contributed by atoms with E-state index in [1.807, 2.05) is 6.92 Å². The summed E-state index contributed by atoms with van der Waals surface area (Å²) in [5.41, 5.74) is 2.40. The van der Waals surface area contributed by atoms with Crippen molar-refractivity contribution >= 4 is 5.78 Å². The molecule has 0 amide bonds. The van der Waals surface area contributed by atoms with Crippen molar-refractivity contribution in [2.45, 2.75) is 73.0 Å². The number of hydrogen-bond acceptors (Lipinski definition) is 3. The minimum absolute atomic E-state index is 0.0842. The summed E-state index contributed by atoms with van der Waals surface area (Å²) in [4.78, 5) is 16.7. The Kier molecular flexibility index (Phi) is 6.40. The lowest BCUT2D eigenvalue weighted by Gasteiger charge is -2.16. The third-order valence-corrected chi connectivity index (χ3v) is 3.72. The Labute approximate surface area is 122 Å². The molecule has 1 N–H and O–H groups in total. The topological polar surface area (TPSA) is 55.1 Å². The van der Waals surface area contributed by atoms with Crippen LogP contribution in [0.2, 0.25) is 0 Å². The Morgan fingerprint density at radius 2 is 1.85 bits per heavy atom. The summed E-state index contributed by atoms with van der Waals surface area (Å²) in [5, 5.41) is 9.34. The molecular formula is C16H28N2O2. The van der Waals surface area contributed by atoms with Crippen LogP contribution in [-0.2, 0) is 30.6 Å². The van der Waals surface area contributed by atoms with Crippen LogP contribution >= 0.6 is 0 Å². The van der Waals surface area contributed by atoms with Crippen molar-refractivity contribution in [1.29, 1.82) is 0 Å². The first-order valence-corrected chi connectivity index (χ1v) is 7.72. The number of carbonyl (C=O) groups excluding carboxylic acids is 1. The second kappa shape index (κ2) is 7.58. The number of carbonyl (C=O) groups is 1. The summed E-state index contributed by atoms with van der Waals surface area (Å²) in [7, 11) is 0. The molecule has 0 saturated heterocycles. The monoisotopic (exact) mass is 280 g/mol. The maximum atomic E-state index is 12.0. The third kappa shape index (κ3) is 3.92. The molecule has 0 bridgehead atoms. The van der Waals surface area contributed by atoms with Crippen LogP contribution in [0.4, 0.5) is 0 Å². The molecule has 4 nitrogen and oxygen atoms in total. The molecule has 20 heavy (non-hydrogen) atoms. The molecule has 0 spiro atoms. The fourth-order valence-corrected chi connectivity index (χ4v) is 2.62. The van der Waals surface area contributed by atoms with E-state index in [1.54, 1.807) is 6.92 Å². The quantitative estimate of drug-likeness (QED) is 0.796. The predicted octanol–water partition coefficient (Wildman–Crippen LogP) is 2.55. The van der Waals surface area contributed by atoms with Gasteiger partial charge in [0.25, 0.3) is 0 Å². The number of ketones is 1. The van der Waals surface area contributed by atoms with Crippen LogP contribution in [-0.4, -0.2) is 26.5 Å². The van der Waals surface area contributed by atoms with Gasteiger partial charge in [0.1, 0.15) is 11.6 Å². The van der Waals surface area contributed by atoms with Crippen LogP contribution in [0, 0.1) is 5.92 Å². The molecule has 0 fully saturated rings. The maximum absolute atomic E-state index is 12.0. The first kappa shape index (κ1) is 16.9. The SMILES string of the molecule is CCc1nc(CC)n(CC(C)C(=O)CC(C)O)c1CC. The number of imidazole rings is 1. The molecular weight excluding hydrogens is 252 g/mol. The van der Waals surface area contributed by atoms with Gasteiger partial charge in [0, 0.05) is 31.0 Å². The molecule has 2 unspecified atom stereocenters. The number of aliphatic hydroxyl groups excluding tert-OH is 1. The number of hydrogen-bond donors (Lipinski definition) is 1. The number of rotatable bonds is 8. The standard InChI is InChI=1S/C16H28N2O2/c1-6-13-14(7-2)18(16(8-3)17-13)10-11(4)15(20)9-12(5)19/h11-12,19H,6-10H2,1-5H3. The highest BCUT2D eigenvalue weighted by Crippen LogP contribution is 2.18. The molecule has 0 aromatic carbocycles. The smallest absolute Gasteiger partial charge is 0.140 e. The van der Waals surface area contributed by atoms with Crippen LogP contribution in [0.25, 0.3) is 0 Å². The summed E-state index contributed by atoms with van der Waals surface area (Å²) in [6.07, 6.45) is 2.42. The number of Topliss-reactive ketones (excluding diaryl/α,β-unsaturated/α-hetero) is 1. The van der Waals surface area contributed by atoms with Gasteiger partial charge in [0.2, 0.25) is 0 Å². The molecule has 0 aliphatic rings. The number of aliphatic hydroxyl groups is 1. The van der Waals surface area contributed by atoms with E-state index in [-0.39, 0.29) is 18.1 Å². The average Bonchev–Trinajstić information content (AvgIpc) is 2.74. The predicted molar refractivity (Wildman–Crippen MR) is 80.8 cm³/mol. The van der Waals surface area contributed by atoms with E-state index in [0.29, 0.717) is 6.54 Å². The van der Waals surface area contributed by atoms with Gasteiger partial charge in [-0.2, -0.15) is 0 Å². The van der Waals surface area contributed by atoms with E-state index in [2.05, 4.69) is 25.3 Å². The fourth-order valence-electron chi connectivity index (χ4n) is 2.62. The highest BCUT2D eigenvalue weighted by atomic mass is 16.3. The van der Waals surface area contributed by atoms with Gasteiger partial charge >= 0.3 is 0 Å².